The Morgan fingerprint density at radius 2 is 1.60 bits per heavy atom. The van der Waals surface area contributed by atoms with Crippen LogP contribution in [0, 0.1) is 0 Å². The van der Waals surface area contributed by atoms with Crippen molar-refractivity contribution in [1.82, 2.24) is 24.0 Å². The molecule has 20 heteroatoms. The molecule has 0 radical (unpaired) electrons. The minimum Gasteiger partial charge on any atom is -0.388 e. The van der Waals surface area contributed by atoms with Crippen molar-refractivity contribution < 1.29 is 50.4 Å². The van der Waals surface area contributed by atoms with Crippen LogP contribution in [0.25, 0.3) is 11.2 Å². The Morgan fingerprint density at radius 3 is 2.29 bits per heavy atom. The highest BCUT2D eigenvalue weighted by molar-refractivity contribution is 8.09. The van der Waals surface area contributed by atoms with Crippen molar-refractivity contribution in [2.24, 2.45) is 4.99 Å². The Morgan fingerprint density at radius 1 is 0.945 bits per heavy atom. The number of fused-ring (bicyclic) bond motifs is 3. The lowest BCUT2D eigenvalue weighted by molar-refractivity contribution is -0.191. The van der Waals surface area contributed by atoms with Gasteiger partial charge in [-0.3, -0.25) is 13.9 Å². The van der Waals surface area contributed by atoms with Crippen LogP contribution in [-0.4, -0.2) is 138 Å². The molecule has 4 aliphatic heterocycles. The maximum atomic E-state index is 13.9. The van der Waals surface area contributed by atoms with Crippen LogP contribution >= 0.6 is 0 Å². The van der Waals surface area contributed by atoms with E-state index < -0.39 is 103 Å². The van der Waals surface area contributed by atoms with E-state index in [4.69, 9.17) is 33.4 Å². The first kappa shape index (κ1) is 39.6. The van der Waals surface area contributed by atoms with Crippen LogP contribution in [0.15, 0.2) is 57.9 Å². The molecule has 0 saturated carbocycles. The number of aliphatic imine (C=N–C) groups is 1. The first-order chi connectivity index (χ1) is 25.7. The summed E-state index contributed by atoms with van der Waals surface area (Å²) in [6.07, 6.45) is -4.19. The molecule has 6 heterocycles. The van der Waals surface area contributed by atoms with E-state index in [-0.39, 0.29) is 23.7 Å². The maximum Gasteiger partial charge on any atom is 0.283 e. The first-order valence-electron chi connectivity index (χ1n) is 17.7. The zero-order valence-electron chi connectivity index (χ0n) is 31.5. The molecule has 4 saturated heterocycles. The number of nitrogens with zero attached hydrogens (tertiary/aromatic N) is 6. The second-order valence-corrected chi connectivity index (χ2v) is 19.7. The van der Waals surface area contributed by atoms with E-state index in [0.29, 0.717) is 0 Å². The van der Waals surface area contributed by atoms with Crippen molar-refractivity contribution in [2.75, 3.05) is 24.9 Å². The molecule has 4 aliphatic rings. The summed E-state index contributed by atoms with van der Waals surface area (Å²) < 4.78 is 92.0. The number of sulfone groups is 2. The SMILES string of the molecule is CC1OC(CS(=O)(=O)CS(=O)(=O)/C=C/C2OC(n3cnc4c(=O)n(Cc5ccccc5)c(/N=C\N(C)C)nc43)C3OC(C)(C)OC23)C(O)C2OC(C)(C)OC12. The van der Waals surface area contributed by atoms with Crippen LogP contribution in [0.2, 0.25) is 0 Å². The summed E-state index contributed by atoms with van der Waals surface area (Å²) in [6, 6.07) is 9.38. The van der Waals surface area contributed by atoms with Crippen molar-refractivity contribution in [1.29, 1.82) is 0 Å². The van der Waals surface area contributed by atoms with Gasteiger partial charge in [-0.15, -0.1) is 0 Å². The van der Waals surface area contributed by atoms with Crippen molar-refractivity contribution in [3.63, 3.8) is 0 Å². The lowest BCUT2D eigenvalue weighted by atomic mass is 9.96. The van der Waals surface area contributed by atoms with Gasteiger partial charge in [0.2, 0.25) is 5.95 Å². The molecule has 4 fully saturated rings. The predicted molar refractivity (Wildman–Crippen MR) is 198 cm³/mol. The molecule has 0 amide bonds. The molecular formula is C35H46N6O12S2. The number of imidazole rings is 1. The van der Waals surface area contributed by atoms with Crippen molar-refractivity contribution in [3.05, 3.63) is 64.1 Å². The summed E-state index contributed by atoms with van der Waals surface area (Å²) in [4.78, 5) is 29.2. The molecule has 0 bridgehead atoms. The number of rotatable bonds is 11. The van der Waals surface area contributed by atoms with Gasteiger partial charge in [-0.05, 0) is 46.3 Å². The Bertz CT molecular complexity index is 2260. The highest BCUT2D eigenvalue weighted by Crippen LogP contribution is 2.44. The molecule has 7 rings (SSSR count). The average molecular weight is 807 g/mol. The van der Waals surface area contributed by atoms with Crippen molar-refractivity contribution in [3.8, 4) is 0 Å². The van der Waals surface area contributed by atoms with Crippen LogP contribution in [0.3, 0.4) is 0 Å². The van der Waals surface area contributed by atoms with E-state index in [2.05, 4.69) is 9.98 Å². The summed E-state index contributed by atoms with van der Waals surface area (Å²) in [5, 5.41) is 10.4. The Hall–Kier alpha value is -3.60. The summed E-state index contributed by atoms with van der Waals surface area (Å²) >= 11 is 0. The van der Waals surface area contributed by atoms with E-state index in [1.54, 1.807) is 53.6 Å². The highest BCUT2D eigenvalue weighted by atomic mass is 32.3. The van der Waals surface area contributed by atoms with Gasteiger partial charge in [0.25, 0.3) is 5.56 Å². The molecule has 9 atom stereocenters. The topological polar surface area (TPSA) is 212 Å². The van der Waals surface area contributed by atoms with Crippen LogP contribution in [-0.2, 0) is 54.6 Å². The second-order valence-electron chi connectivity index (χ2n) is 15.3. The lowest BCUT2D eigenvalue weighted by Gasteiger charge is -2.38. The van der Waals surface area contributed by atoms with Gasteiger partial charge < -0.3 is 38.4 Å². The van der Waals surface area contributed by atoms with Crippen LogP contribution in [0.1, 0.15) is 46.4 Å². The number of aliphatic hydroxyl groups is 1. The van der Waals surface area contributed by atoms with E-state index in [1.807, 2.05) is 30.3 Å². The number of benzene rings is 1. The van der Waals surface area contributed by atoms with Crippen LogP contribution in [0.4, 0.5) is 5.95 Å². The zero-order valence-corrected chi connectivity index (χ0v) is 33.1. The molecule has 2 aromatic heterocycles. The number of hydrogen-bond donors (Lipinski definition) is 1. The summed E-state index contributed by atoms with van der Waals surface area (Å²) in [5.41, 5.74) is 0.633. The molecule has 18 nitrogen and oxygen atoms in total. The van der Waals surface area contributed by atoms with Gasteiger partial charge >= 0.3 is 0 Å². The van der Waals surface area contributed by atoms with Crippen molar-refractivity contribution in [2.45, 2.75) is 108 Å². The molecule has 0 spiro atoms. The average Bonchev–Trinajstić information content (AvgIpc) is 3.82. The highest BCUT2D eigenvalue weighted by Gasteiger charge is 2.56. The normalized spacial score (nSPS) is 31.7. The summed E-state index contributed by atoms with van der Waals surface area (Å²) in [6.45, 7) is 8.61. The summed E-state index contributed by atoms with van der Waals surface area (Å²) in [7, 11) is -5.16. The molecule has 9 unspecified atom stereocenters. The Balaban J connectivity index is 1.12. The van der Waals surface area contributed by atoms with Gasteiger partial charge in [-0.25, -0.2) is 26.8 Å². The smallest absolute Gasteiger partial charge is 0.283 e. The van der Waals surface area contributed by atoms with Gasteiger partial charge in [0.15, 0.2) is 53.7 Å². The molecule has 1 aromatic carbocycles. The zero-order chi connectivity index (χ0) is 39.7. The minimum atomic E-state index is -4.40. The Kier molecular flexibility index (Phi) is 10.4. The molecule has 3 aromatic rings. The van der Waals surface area contributed by atoms with Gasteiger partial charge in [0.1, 0.15) is 42.7 Å². The second kappa shape index (κ2) is 14.4. The largest absolute Gasteiger partial charge is 0.388 e. The Labute approximate surface area is 318 Å². The third-order valence-electron chi connectivity index (χ3n) is 9.56. The molecule has 1 N–H and O–H groups in total. The van der Waals surface area contributed by atoms with Gasteiger partial charge in [-0.1, -0.05) is 30.3 Å². The van der Waals surface area contributed by atoms with Gasteiger partial charge in [-0.2, -0.15) is 4.98 Å². The monoisotopic (exact) mass is 806 g/mol. The maximum absolute atomic E-state index is 13.9. The third-order valence-corrected chi connectivity index (χ3v) is 13.7. The number of hydrogen-bond acceptors (Lipinski definition) is 15. The predicted octanol–water partition coefficient (Wildman–Crippen LogP) is 1.25. The van der Waals surface area contributed by atoms with E-state index >= 15 is 0 Å². The fourth-order valence-electron chi connectivity index (χ4n) is 7.35. The number of aliphatic hydroxyl groups excluding tert-OH is 1. The quantitative estimate of drug-likeness (QED) is 0.213. The standard InChI is InChI=1S/C35H46N6O12S2/c1-20-26-28(52-34(2,3)50-26)25(42)23(48-20)16-55(46,47)19-54(44,45)14-13-22-27-29(53-35(4,5)51-27)32(49-22)41-18-36-24-30(41)38-33(37-17-39(6)7)40(31(24)43)15-21-11-9-8-10-12-21/h8-14,17-18,20,22-23,25-29,32,42H,15-16,19H2,1-7H3/b14-13+,37-17-. The first-order valence-corrected chi connectivity index (χ1v) is 21.3. The van der Waals surface area contributed by atoms with Gasteiger partial charge in [0, 0.05) is 19.5 Å². The van der Waals surface area contributed by atoms with E-state index in [9.17, 15) is 26.7 Å². The minimum absolute atomic E-state index is 0.0533. The molecule has 300 valence electrons. The molecule has 55 heavy (non-hydrogen) atoms. The fraction of sp³-hybridized carbons (Fsp3) is 0.600. The third kappa shape index (κ3) is 8.28. The van der Waals surface area contributed by atoms with Crippen LogP contribution < -0.4 is 5.56 Å². The molecule has 0 aliphatic carbocycles. The number of ether oxygens (including phenoxy) is 6. The lowest BCUT2D eigenvalue weighted by Crippen LogP contribution is -2.57. The van der Waals surface area contributed by atoms with Crippen LogP contribution in [0.5, 0.6) is 0 Å². The van der Waals surface area contributed by atoms with Crippen molar-refractivity contribution >= 4 is 43.1 Å². The molecular weight excluding hydrogens is 761 g/mol. The number of aromatic nitrogens is 4. The van der Waals surface area contributed by atoms with E-state index in [1.165, 1.54) is 27.9 Å². The van der Waals surface area contributed by atoms with E-state index in [0.717, 1.165) is 11.0 Å². The summed E-state index contributed by atoms with van der Waals surface area (Å²) in [5.74, 6) is -2.74. The van der Waals surface area contributed by atoms with Gasteiger partial charge in [0.05, 0.1) is 31.1 Å². The fourth-order valence-corrected chi connectivity index (χ4v) is 11.2.